The molecule has 0 N–H and O–H groups in total. The van der Waals surface area contributed by atoms with Gasteiger partial charge in [0, 0.05) is 13.1 Å². The minimum atomic E-state index is -3.04. The number of ether oxygens (including phenoxy) is 1. The lowest BCUT2D eigenvalue weighted by atomic mass is 9.77. The maximum Gasteiger partial charge on any atom is 0.211 e. The van der Waals surface area contributed by atoms with E-state index >= 15 is 0 Å². The Morgan fingerprint density at radius 2 is 1.56 bits per heavy atom. The summed E-state index contributed by atoms with van der Waals surface area (Å²) in [6.07, 6.45) is 6.66. The molecular weight excluding hydrogens is 226 g/mol. The summed E-state index contributed by atoms with van der Waals surface area (Å²) in [5.41, 5.74) is 0. The lowest BCUT2D eigenvalue weighted by molar-refractivity contribution is -0.0254. The second-order valence-corrected chi connectivity index (χ2v) is 7.39. The SMILES string of the molecule is CS(=O)(=O)N1CC2OC(C1)C1CCCCC21. The number of sulfonamides is 1. The molecule has 0 amide bonds. The molecule has 4 unspecified atom stereocenters. The van der Waals surface area contributed by atoms with Crippen LogP contribution in [0, 0.1) is 11.8 Å². The normalized spacial score (nSPS) is 44.3. The highest BCUT2D eigenvalue weighted by atomic mass is 32.2. The molecule has 1 saturated carbocycles. The van der Waals surface area contributed by atoms with Crippen molar-refractivity contribution in [1.82, 2.24) is 4.31 Å². The van der Waals surface area contributed by atoms with Gasteiger partial charge in [0.2, 0.25) is 10.0 Å². The van der Waals surface area contributed by atoms with Crippen molar-refractivity contribution in [2.75, 3.05) is 19.3 Å². The lowest BCUT2D eigenvalue weighted by Gasteiger charge is -2.31. The summed E-state index contributed by atoms with van der Waals surface area (Å²) < 4.78 is 30.7. The average molecular weight is 245 g/mol. The Labute approximate surface area is 97.0 Å². The molecule has 92 valence electrons. The molecule has 2 bridgehead atoms. The molecule has 5 heteroatoms. The smallest absolute Gasteiger partial charge is 0.211 e. The van der Waals surface area contributed by atoms with Crippen LogP contribution in [0.15, 0.2) is 0 Å². The van der Waals surface area contributed by atoms with Gasteiger partial charge in [-0.2, -0.15) is 4.31 Å². The van der Waals surface area contributed by atoms with Crippen molar-refractivity contribution in [3.8, 4) is 0 Å². The van der Waals surface area contributed by atoms with E-state index < -0.39 is 10.0 Å². The van der Waals surface area contributed by atoms with Crippen molar-refractivity contribution in [3.63, 3.8) is 0 Å². The summed E-state index contributed by atoms with van der Waals surface area (Å²) in [4.78, 5) is 0. The highest BCUT2D eigenvalue weighted by Crippen LogP contribution is 2.45. The van der Waals surface area contributed by atoms with Crippen molar-refractivity contribution in [3.05, 3.63) is 0 Å². The fourth-order valence-corrected chi connectivity index (χ4v) is 4.48. The Morgan fingerprint density at radius 1 is 1.06 bits per heavy atom. The summed E-state index contributed by atoms with van der Waals surface area (Å²) >= 11 is 0. The molecule has 2 aliphatic heterocycles. The highest BCUT2D eigenvalue weighted by Gasteiger charge is 2.50. The van der Waals surface area contributed by atoms with Crippen LogP contribution in [0.5, 0.6) is 0 Å². The molecule has 0 spiro atoms. The van der Waals surface area contributed by atoms with Crippen LogP contribution in [0.1, 0.15) is 25.7 Å². The fourth-order valence-electron chi connectivity index (χ4n) is 3.64. The average Bonchev–Trinajstić information content (AvgIpc) is 2.51. The highest BCUT2D eigenvalue weighted by molar-refractivity contribution is 7.88. The van der Waals surface area contributed by atoms with Gasteiger partial charge in [-0.05, 0) is 24.7 Å². The van der Waals surface area contributed by atoms with Gasteiger partial charge in [0.15, 0.2) is 0 Å². The third-order valence-electron chi connectivity index (χ3n) is 4.42. The topological polar surface area (TPSA) is 46.6 Å². The van der Waals surface area contributed by atoms with Gasteiger partial charge in [-0.3, -0.25) is 0 Å². The van der Waals surface area contributed by atoms with Gasteiger partial charge in [0.05, 0.1) is 18.5 Å². The second-order valence-electron chi connectivity index (χ2n) is 5.41. The molecule has 0 aromatic heterocycles. The lowest BCUT2D eigenvalue weighted by Crippen LogP contribution is -2.46. The molecule has 3 aliphatic rings. The van der Waals surface area contributed by atoms with Gasteiger partial charge < -0.3 is 4.74 Å². The van der Waals surface area contributed by atoms with Crippen molar-refractivity contribution in [2.45, 2.75) is 37.9 Å². The number of rotatable bonds is 1. The first-order valence-corrected chi connectivity index (χ1v) is 8.01. The quantitative estimate of drug-likeness (QED) is 0.687. The predicted octanol–water partition coefficient (Wildman–Crippen LogP) is 0.835. The van der Waals surface area contributed by atoms with Gasteiger partial charge >= 0.3 is 0 Å². The zero-order valence-electron chi connectivity index (χ0n) is 9.63. The van der Waals surface area contributed by atoms with Crippen LogP contribution in [0.2, 0.25) is 0 Å². The molecular formula is C11H19NO3S. The van der Waals surface area contributed by atoms with Crippen LogP contribution in [0.4, 0.5) is 0 Å². The Bertz CT molecular complexity index is 361. The third kappa shape index (κ3) is 1.69. The van der Waals surface area contributed by atoms with E-state index in [0.29, 0.717) is 24.9 Å². The second kappa shape index (κ2) is 3.68. The zero-order valence-corrected chi connectivity index (χ0v) is 10.4. The van der Waals surface area contributed by atoms with E-state index in [4.69, 9.17) is 4.74 Å². The maximum atomic E-state index is 11.6. The summed E-state index contributed by atoms with van der Waals surface area (Å²) in [6, 6.07) is 0. The van der Waals surface area contributed by atoms with E-state index in [2.05, 4.69) is 0 Å². The summed E-state index contributed by atoms with van der Waals surface area (Å²) in [6.45, 7) is 1.16. The van der Waals surface area contributed by atoms with Crippen LogP contribution < -0.4 is 0 Å². The fraction of sp³-hybridized carbons (Fsp3) is 1.00. The van der Waals surface area contributed by atoms with Gasteiger partial charge in [-0.25, -0.2) is 8.42 Å². The first-order chi connectivity index (χ1) is 7.55. The molecule has 2 saturated heterocycles. The summed E-state index contributed by atoms with van der Waals surface area (Å²) in [5.74, 6) is 1.23. The number of nitrogens with zero attached hydrogens (tertiary/aromatic N) is 1. The van der Waals surface area contributed by atoms with E-state index in [1.807, 2.05) is 0 Å². The summed E-state index contributed by atoms with van der Waals surface area (Å²) in [7, 11) is -3.04. The van der Waals surface area contributed by atoms with Crippen molar-refractivity contribution in [1.29, 1.82) is 0 Å². The van der Waals surface area contributed by atoms with Gasteiger partial charge in [0.1, 0.15) is 0 Å². The van der Waals surface area contributed by atoms with Gasteiger partial charge in [-0.1, -0.05) is 12.8 Å². The Balaban J connectivity index is 1.83. The van der Waals surface area contributed by atoms with E-state index in [1.165, 1.54) is 31.9 Å². The molecule has 0 aromatic carbocycles. The Morgan fingerprint density at radius 3 is 2.00 bits per heavy atom. The largest absolute Gasteiger partial charge is 0.372 e. The number of morpholine rings is 1. The van der Waals surface area contributed by atoms with Gasteiger partial charge in [-0.15, -0.1) is 0 Å². The van der Waals surface area contributed by atoms with Crippen LogP contribution in [-0.2, 0) is 14.8 Å². The van der Waals surface area contributed by atoms with Crippen LogP contribution in [-0.4, -0.2) is 44.3 Å². The van der Waals surface area contributed by atoms with Crippen LogP contribution >= 0.6 is 0 Å². The molecule has 3 fully saturated rings. The molecule has 2 heterocycles. The monoisotopic (exact) mass is 245 g/mol. The van der Waals surface area contributed by atoms with E-state index in [0.717, 1.165) is 0 Å². The summed E-state index contributed by atoms with van der Waals surface area (Å²) in [5, 5.41) is 0. The van der Waals surface area contributed by atoms with Crippen LogP contribution in [0.3, 0.4) is 0 Å². The predicted molar refractivity (Wildman–Crippen MR) is 60.5 cm³/mol. The zero-order chi connectivity index (χ0) is 11.3. The number of hydrogen-bond donors (Lipinski definition) is 0. The van der Waals surface area contributed by atoms with Gasteiger partial charge in [0.25, 0.3) is 0 Å². The van der Waals surface area contributed by atoms with E-state index in [9.17, 15) is 8.42 Å². The van der Waals surface area contributed by atoms with E-state index in [-0.39, 0.29) is 12.2 Å². The molecule has 16 heavy (non-hydrogen) atoms. The number of hydrogen-bond acceptors (Lipinski definition) is 3. The molecule has 0 radical (unpaired) electrons. The van der Waals surface area contributed by atoms with E-state index in [1.54, 1.807) is 4.31 Å². The molecule has 4 nitrogen and oxygen atoms in total. The minimum absolute atomic E-state index is 0.166. The first kappa shape index (κ1) is 11.0. The van der Waals surface area contributed by atoms with Crippen molar-refractivity contribution in [2.24, 2.45) is 11.8 Å². The molecule has 3 rings (SSSR count). The molecule has 4 atom stereocenters. The van der Waals surface area contributed by atoms with Crippen molar-refractivity contribution < 1.29 is 13.2 Å². The maximum absolute atomic E-state index is 11.6. The third-order valence-corrected chi connectivity index (χ3v) is 5.65. The molecule has 0 aromatic rings. The Kier molecular flexibility index (Phi) is 2.53. The standard InChI is InChI=1S/C11H19NO3S/c1-16(13,14)12-6-10-8-4-2-3-5-9(8)11(7-12)15-10/h8-11H,2-7H2,1H3. The number of fused-ring (bicyclic) bond motifs is 5. The Hall–Kier alpha value is -0.130. The molecule has 1 aliphatic carbocycles. The van der Waals surface area contributed by atoms with Crippen molar-refractivity contribution >= 4 is 10.0 Å². The minimum Gasteiger partial charge on any atom is -0.372 e. The van der Waals surface area contributed by atoms with Crippen LogP contribution in [0.25, 0.3) is 0 Å². The first-order valence-electron chi connectivity index (χ1n) is 6.16.